The van der Waals surface area contributed by atoms with Crippen LogP contribution in [0.25, 0.3) is 11.1 Å². The molecular weight excluding hydrogens is 348 g/mol. The molecule has 0 bridgehead atoms. The minimum Gasteiger partial charge on any atom is -0.333 e. The molecule has 2 aromatic heterocycles. The van der Waals surface area contributed by atoms with E-state index in [0.29, 0.717) is 13.1 Å². The Morgan fingerprint density at radius 1 is 1.36 bits per heavy atom. The van der Waals surface area contributed by atoms with Crippen LogP contribution in [0.15, 0.2) is 54.6 Å². The van der Waals surface area contributed by atoms with Crippen molar-refractivity contribution >= 4 is 28.8 Å². The average molecular weight is 367 g/mol. The molecule has 3 aromatic rings. The van der Waals surface area contributed by atoms with E-state index in [1.807, 2.05) is 11.1 Å². The smallest absolute Gasteiger partial charge is 0.246 e. The number of amides is 1. The summed E-state index contributed by atoms with van der Waals surface area (Å²) in [5.41, 5.74) is 4.94. The van der Waals surface area contributed by atoms with Crippen molar-refractivity contribution in [3.63, 3.8) is 0 Å². The van der Waals surface area contributed by atoms with Crippen LogP contribution < -0.4 is 0 Å². The van der Waals surface area contributed by atoms with Crippen molar-refractivity contribution in [3.8, 4) is 11.1 Å². The van der Waals surface area contributed by atoms with Gasteiger partial charge >= 0.3 is 0 Å². The van der Waals surface area contributed by atoms with Gasteiger partial charge in [-0.1, -0.05) is 30.8 Å². The van der Waals surface area contributed by atoms with Crippen molar-refractivity contribution in [1.29, 1.82) is 0 Å². The maximum absolute atomic E-state index is 12.3. The number of carbonyl (C=O) groups is 1. The monoisotopic (exact) mass is 366 g/mol. The van der Waals surface area contributed by atoms with Crippen LogP contribution in [-0.2, 0) is 11.3 Å². The normalized spacial score (nSPS) is 16.5. The molecule has 1 aliphatic heterocycles. The van der Waals surface area contributed by atoms with Gasteiger partial charge in [0.25, 0.3) is 0 Å². The summed E-state index contributed by atoms with van der Waals surface area (Å²) in [6.07, 6.45) is 3.33. The third-order valence-corrected chi connectivity index (χ3v) is 6.28. The van der Waals surface area contributed by atoms with Gasteiger partial charge in [0.15, 0.2) is 0 Å². The first-order valence-corrected chi connectivity index (χ1v) is 9.82. The van der Waals surface area contributed by atoms with Crippen LogP contribution in [0, 0.1) is 6.92 Å². The minimum atomic E-state index is -0.00335. The van der Waals surface area contributed by atoms with Crippen molar-refractivity contribution in [2.45, 2.75) is 19.4 Å². The molecule has 0 saturated carbocycles. The Labute approximate surface area is 155 Å². The second-order valence-electron chi connectivity index (χ2n) is 6.21. The van der Waals surface area contributed by atoms with Crippen molar-refractivity contribution < 1.29 is 4.79 Å². The van der Waals surface area contributed by atoms with E-state index in [1.165, 1.54) is 44.1 Å². The first-order chi connectivity index (χ1) is 12.2. The fourth-order valence-electron chi connectivity index (χ4n) is 3.52. The number of aromatic nitrogens is 1. The number of benzene rings is 1. The predicted molar refractivity (Wildman–Crippen MR) is 104 cm³/mol. The van der Waals surface area contributed by atoms with Gasteiger partial charge in [0.2, 0.25) is 5.91 Å². The third kappa shape index (κ3) is 2.94. The largest absolute Gasteiger partial charge is 0.333 e. The summed E-state index contributed by atoms with van der Waals surface area (Å²) in [4.78, 5) is 16.7. The second kappa shape index (κ2) is 6.58. The van der Waals surface area contributed by atoms with Crippen molar-refractivity contribution in [2.75, 3.05) is 6.54 Å². The number of fused-ring (bicyclic) bond motifs is 1. The Balaban J connectivity index is 1.84. The molecular formula is C20H18N2OS2. The molecule has 0 spiro atoms. The molecule has 0 saturated heterocycles. The Morgan fingerprint density at radius 2 is 2.20 bits per heavy atom. The van der Waals surface area contributed by atoms with E-state index in [0.717, 1.165) is 5.56 Å². The number of hydrogen-bond acceptors (Lipinski definition) is 4. The number of aryl methyl sites for hydroxylation is 1. The number of nitrogens with zero attached hydrogens (tertiary/aromatic N) is 2. The zero-order valence-electron chi connectivity index (χ0n) is 13.9. The number of rotatable bonds is 3. The highest BCUT2D eigenvalue weighted by Gasteiger charge is 2.31. The summed E-state index contributed by atoms with van der Waals surface area (Å²) < 4.78 is 4.26. The molecule has 126 valence electrons. The summed E-state index contributed by atoms with van der Waals surface area (Å²) in [5.74, 6) is 0.171. The molecule has 1 aliphatic rings. The lowest BCUT2D eigenvalue weighted by Gasteiger charge is -2.33. The lowest BCUT2D eigenvalue weighted by atomic mass is 9.84. The van der Waals surface area contributed by atoms with Gasteiger partial charge in [-0.25, -0.2) is 4.37 Å². The maximum Gasteiger partial charge on any atom is 0.246 e. The Hall–Kier alpha value is -2.24. The zero-order chi connectivity index (χ0) is 17.4. The average Bonchev–Trinajstić information content (AvgIpc) is 3.28. The number of thiophene rings is 1. The van der Waals surface area contributed by atoms with E-state index in [9.17, 15) is 4.79 Å². The molecule has 0 radical (unpaired) electrons. The van der Waals surface area contributed by atoms with Gasteiger partial charge in [-0.05, 0) is 47.3 Å². The molecule has 3 heterocycles. The van der Waals surface area contributed by atoms with E-state index in [-0.39, 0.29) is 11.8 Å². The number of carbonyl (C=O) groups excluding carboxylic acids is 1. The van der Waals surface area contributed by atoms with Gasteiger partial charge in [-0.2, -0.15) is 0 Å². The first-order valence-electron chi connectivity index (χ1n) is 8.16. The van der Waals surface area contributed by atoms with Crippen LogP contribution in [-0.4, -0.2) is 21.7 Å². The van der Waals surface area contributed by atoms with Crippen LogP contribution in [0.1, 0.15) is 26.8 Å². The van der Waals surface area contributed by atoms with Crippen LogP contribution in [0.2, 0.25) is 0 Å². The summed E-state index contributed by atoms with van der Waals surface area (Å²) in [7, 11) is 0. The molecule has 0 N–H and O–H groups in total. The molecule has 1 amide bonds. The van der Waals surface area contributed by atoms with Gasteiger partial charge in [0.1, 0.15) is 0 Å². The Kier molecular flexibility index (Phi) is 4.27. The van der Waals surface area contributed by atoms with E-state index in [4.69, 9.17) is 0 Å². The van der Waals surface area contributed by atoms with Crippen LogP contribution >= 0.6 is 22.9 Å². The number of hydrogen-bond donors (Lipinski definition) is 0. The van der Waals surface area contributed by atoms with Gasteiger partial charge < -0.3 is 4.90 Å². The lowest BCUT2D eigenvalue weighted by Crippen LogP contribution is -2.37. The Bertz CT molecular complexity index is 927. The van der Waals surface area contributed by atoms with E-state index >= 15 is 0 Å². The van der Waals surface area contributed by atoms with E-state index in [2.05, 4.69) is 53.6 Å². The maximum atomic E-state index is 12.3. The molecule has 0 aliphatic carbocycles. The van der Waals surface area contributed by atoms with Gasteiger partial charge in [0, 0.05) is 39.4 Å². The highest BCUT2D eigenvalue weighted by Crippen LogP contribution is 2.41. The van der Waals surface area contributed by atoms with Crippen LogP contribution in [0.4, 0.5) is 0 Å². The quantitative estimate of drug-likeness (QED) is 0.622. The standard InChI is InChI=1S/C20H18N2OS2/c1-3-20(23)22-10-18(17-8-13(2)25-19(17)11-22)16-7-5-4-6-15(16)14-9-21-24-12-14/h3-9,12,18H,1,10-11H2,2H3/t18-/m1/s1. The first kappa shape index (κ1) is 16.2. The summed E-state index contributed by atoms with van der Waals surface area (Å²) in [6.45, 7) is 7.15. The fourth-order valence-corrected chi connectivity index (χ4v) is 5.17. The summed E-state index contributed by atoms with van der Waals surface area (Å²) >= 11 is 3.25. The molecule has 4 rings (SSSR count). The van der Waals surface area contributed by atoms with Crippen LogP contribution in [0.3, 0.4) is 0 Å². The van der Waals surface area contributed by atoms with E-state index < -0.39 is 0 Å². The molecule has 1 atom stereocenters. The third-order valence-electron chi connectivity index (χ3n) is 4.64. The summed E-state index contributed by atoms with van der Waals surface area (Å²) in [6, 6.07) is 10.7. The molecule has 0 fully saturated rings. The lowest BCUT2D eigenvalue weighted by molar-refractivity contribution is -0.127. The van der Waals surface area contributed by atoms with Gasteiger partial charge in [0.05, 0.1) is 6.54 Å². The van der Waals surface area contributed by atoms with E-state index in [1.54, 1.807) is 11.3 Å². The van der Waals surface area contributed by atoms with Gasteiger partial charge in [-0.15, -0.1) is 11.3 Å². The minimum absolute atomic E-state index is 0.00335. The molecule has 1 aromatic carbocycles. The van der Waals surface area contributed by atoms with Gasteiger partial charge in [-0.3, -0.25) is 4.79 Å². The SMILES string of the molecule is C=CC(=O)N1Cc2sc(C)cc2[C@@H](c2ccccc2-c2cnsc2)C1. The summed E-state index contributed by atoms with van der Waals surface area (Å²) in [5, 5.41) is 2.08. The highest BCUT2D eigenvalue weighted by atomic mass is 32.1. The molecule has 5 heteroatoms. The second-order valence-corrected chi connectivity index (χ2v) is 8.21. The Morgan fingerprint density at radius 3 is 2.96 bits per heavy atom. The van der Waals surface area contributed by atoms with Crippen molar-refractivity contribution in [2.24, 2.45) is 0 Å². The van der Waals surface area contributed by atoms with Crippen molar-refractivity contribution in [3.05, 3.63) is 75.4 Å². The van der Waals surface area contributed by atoms with Crippen LogP contribution in [0.5, 0.6) is 0 Å². The zero-order valence-corrected chi connectivity index (χ0v) is 15.6. The highest BCUT2D eigenvalue weighted by molar-refractivity contribution is 7.12. The topological polar surface area (TPSA) is 33.2 Å². The predicted octanol–water partition coefficient (Wildman–Crippen LogP) is 4.84. The molecule has 0 unspecified atom stereocenters. The van der Waals surface area contributed by atoms with Crippen molar-refractivity contribution in [1.82, 2.24) is 9.27 Å². The fraction of sp³-hybridized carbons (Fsp3) is 0.200. The molecule has 3 nitrogen and oxygen atoms in total. The molecule has 25 heavy (non-hydrogen) atoms.